The fourth-order valence-corrected chi connectivity index (χ4v) is 3.21. The van der Waals surface area contributed by atoms with Crippen LogP contribution in [-0.2, 0) is 13.2 Å². The quantitative estimate of drug-likeness (QED) is 0.576. The maximum Gasteiger partial charge on any atom is 0.203 e. The molecule has 0 unspecified atom stereocenters. The molecule has 0 radical (unpaired) electrons. The van der Waals surface area contributed by atoms with Crippen molar-refractivity contribution in [2.75, 3.05) is 7.05 Å². The molecule has 9 heteroatoms. The van der Waals surface area contributed by atoms with Gasteiger partial charge >= 0.3 is 0 Å². The Labute approximate surface area is 150 Å². The number of pyridine rings is 1. The number of hydrogen-bond acceptors (Lipinski definition) is 4. The third-order valence-corrected chi connectivity index (χ3v) is 4.35. The van der Waals surface area contributed by atoms with E-state index in [-0.39, 0.29) is 0 Å². The second kappa shape index (κ2) is 6.33. The van der Waals surface area contributed by atoms with Crippen LogP contribution in [0.3, 0.4) is 0 Å². The van der Waals surface area contributed by atoms with Gasteiger partial charge in [0.05, 0.1) is 23.3 Å². The van der Waals surface area contributed by atoms with Gasteiger partial charge in [0, 0.05) is 6.20 Å². The zero-order chi connectivity index (χ0) is 15.9. The second-order valence-corrected chi connectivity index (χ2v) is 6.83. The number of rotatable bonds is 4. The molecule has 3 rings (SSSR count). The highest BCUT2D eigenvalue weighted by Gasteiger charge is 2.11. The third-order valence-electron chi connectivity index (χ3n) is 3.03. The van der Waals surface area contributed by atoms with Crippen LogP contribution in [0.15, 0.2) is 33.5 Å². The van der Waals surface area contributed by atoms with Crippen LogP contribution >= 0.6 is 51.3 Å². The van der Waals surface area contributed by atoms with Gasteiger partial charge in [-0.05, 0) is 53.4 Å². The van der Waals surface area contributed by atoms with Crippen molar-refractivity contribution in [1.82, 2.24) is 19.1 Å². The molecular formula is C13H11BrCl2N4OS. The molecule has 0 atom stereocenters. The third kappa shape index (κ3) is 3.23. The second-order valence-electron chi connectivity index (χ2n) is 4.84. The van der Waals surface area contributed by atoms with E-state index in [1.54, 1.807) is 21.3 Å². The maximum absolute atomic E-state index is 6.16. The lowest BCUT2D eigenvalue weighted by atomic mass is 10.4. The van der Waals surface area contributed by atoms with Crippen LogP contribution in [0.1, 0.15) is 5.76 Å². The molecule has 0 bridgehead atoms. The predicted molar refractivity (Wildman–Crippen MR) is 91.9 cm³/mol. The summed E-state index contributed by atoms with van der Waals surface area (Å²) in [6, 6.07) is 5.43. The molecule has 0 saturated carbocycles. The number of nitrogens with zero attached hydrogens (tertiary/aromatic N) is 4. The van der Waals surface area contributed by atoms with E-state index < -0.39 is 0 Å². The zero-order valence-electron chi connectivity index (χ0n) is 11.5. The summed E-state index contributed by atoms with van der Waals surface area (Å²) in [5.74, 6) is 0.853. The van der Waals surface area contributed by atoms with Gasteiger partial charge in [0.1, 0.15) is 5.76 Å². The highest BCUT2D eigenvalue weighted by molar-refractivity contribution is 9.10. The van der Waals surface area contributed by atoms with Crippen LogP contribution < -0.4 is 0 Å². The Kier molecular flexibility index (Phi) is 4.61. The van der Waals surface area contributed by atoms with Crippen LogP contribution in [0.5, 0.6) is 0 Å². The van der Waals surface area contributed by atoms with E-state index in [2.05, 4.69) is 21.0 Å². The summed E-state index contributed by atoms with van der Waals surface area (Å²) in [4.78, 5) is 2.03. The van der Waals surface area contributed by atoms with Gasteiger partial charge in [0.15, 0.2) is 10.3 Å². The Bertz CT molecular complexity index is 888. The minimum absolute atomic E-state index is 0.468. The van der Waals surface area contributed by atoms with Gasteiger partial charge in [-0.25, -0.2) is 4.68 Å². The summed E-state index contributed by atoms with van der Waals surface area (Å²) in [7, 11) is 1.96. The van der Waals surface area contributed by atoms with Crippen LogP contribution in [-0.4, -0.2) is 26.1 Å². The Morgan fingerprint density at radius 3 is 2.86 bits per heavy atom. The molecule has 3 heterocycles. The van der Waals surface area contributed by atoms with Crippen molar-refractivity contribution in [2.24, 2.45) is 0 Å². The van der Waals surface area contributed by atoms with E-state index >= 15 is 0 Å². The maximum atomic E-state index is 6.16. The van der Waals surface area contributed by atoms with Crippen LogP contribution in [0.4, 0.5) is 0 Å². The summed E-state index contributed by atoms with van der Waals surface area (Å²) >= 11 is 20.9. The van der Waals surface area contributed by atoms with E-state index in [0.717, 1.165) is 5.76 Å². The minimum Gasteiger partial charge on any atom is -0.453 e. The van der Waals surface area contributed by atoms with Gasteiger partial charge in [0.25, 0.3) is 0 Å². The highest BCUT2D eigenvalue weighted by atomic mass is 79.9. The fourth-order valence-electron chi connectivity index (χ4n) is 2.12. The Morgan fingerprint density at radius 1 is 1.41 bits per heavy atom. The van der Waals surface area contributed by atoms with Crippen LogP contribution in [0.25, 0.3) is 5.65 Å². The standard InChI is InChI=1S/C13H11BrCl2N4OS/c1-18(6-9-2-3-11(14)21-9)7-20-13(22)19-5-8(15)4-10(16)12(19)17-20/h2-5H,6-7H2,1H3. The molecule has 0 amide bonds. The zero-order valence-corrected chi connectivity index (χ0v) is 15.4. The smallest absolute Gasteiger partial charge is 0.203 e. The van der Waals surface area contributed by atoms with E-state index in [4.69, 9.17) is 39.8 Å². The first-order chi connectivity index (χ1) is 10.4. The van der Waals surface area contributed by atoms with Crippen molar-refractivity contribution >= 4 is 57.0 Å². The fraction of sp³-hybridized carbons (Fsp3) is 0.231. The SMILES string of the molecule is CN(Cc1ccc(Br)o1)Cn1nc2c(Cl)cc(Cl)cn2c1=S. The summed E-state index contributed by atoms with van der Waals surface area (Å²) in [6.07, 6.45) is 1.71. The molecule has 0 fully saturated rings. The average Bonchev–Trinajstić information content (AvgIpc) is 2.96. The molecule has 0 saturated heterocycles. The minimum atomic E-state index is 0.468. The van der Waals surface area contributed by atoms with E-state index in [0.29, 0.717) is 38.3 Å². The number of hydrogen-bond donors (Lipinski definition) is 0. The van der Waals surface area contributed by atoms with Crippen LogP contribution in [0, 0.1) is 4.77 Å². The Hall–Kier alpha value is -0.860. The van der Waals surface area contributed by atoms with Crippen molar-refractivity contribution in [3.05, 3.63) is 49.6 Å². The van der Waals surface area contributed by atoms with E-state index in [1.165, 1.54) is 0 Å². The molecule has 0 aromatic carbocycles. The van der Waals surface area contributed by atoms with Crippen molar-refractivity contribution < 1.29 is 4.42 Å². The van der Waals surface area contributed by atoms with Gasteiger partial charge in [-0.2, -0.15) is 0 Å². The monoisotopic (exact) mass is 420 g/mol. The molecule has 3 aromatic heterocycles. The molecule has 116 valence electrons. The summed E-state index contributed by atoms with van der Waals surface area (Å²) in [5, 5.41) is 5.43. The highest BCUT2D eigenvalue weighted by Crippen LogP contribution is 2.21. The van der Waals surface area contributed by atoms with Crippen molar-refractivity contribution in [2.45, 2.75) is 13.2 Å². The van der Waals surface area contributed by atoms with Crippen LogP contribution in [0.2, 0.25) is 10.0 Å². The van der Waals surface area contributed by atoms with Gasteiger partial charge in [0.2, 0.25) is 4.77 Å². The normalized spacial score (nSPS) is 11.7. The lowest BCUT2D eigenvalue weighted by Gasteiger charge is -2.14. The van der Waals surface area contributed by atoms with Crippen molar-refractivity contribution in [3.8, 4) is 0 Å². The molecule has 3 aromatic rings. The molecule has 0 aliphatic carbocycles. The largest absolute Gasteiger partial charge is 0.453 e. The average molecular weight is 422 g/mol. The molecule has 0 aliphatic heterocycles. The first-order valence-electron chi connectivity index (χ1n) is 6.31. The van der Waals surface area contributed by atoms with Crippen molar-refractivity contribution in [1.29, 1.82) is 0 Å². The summed E-state index contributed by atoms with van der Waals surface area (Å²) in [5.41, 5.74) is 0.588. The number of aromatic nitrogens is 3. The first kappa shape index (κ1) is 16.0. The lowest BCUT2D eigenvalue weighted by molar-refractivity contribution is 0.225. The topological polar surface area (TPSA) is 38.6 Å². The van der Waals surface area contributed by atoms with Crippen molar-refractivity contribution in [3.63, 3.8) is 0 Å². The number of furan rings is 1. The van der Waals surface area contributed by atoms with E-state index in [9.17, 15) is 0 Å². The molecular weight excluding hydrogens is 411 g/mol. The number of fused-ring (bicyclic) bond motifs is 1. The number of halogens is 3. The Balaban J connectivity index is 1.86. The first-order valence-corrected chi connectivity index (χ1v) is 8.27. The summed E-state index contributed by atoms with van der Waals surface area (Å²) < 4.78 is 10.1. The molecule has 0 spiro atoms. The van der Waals surface area contributed by atoms with Gasteiger partial charge in [-0.15, -0.1) is 5.10 Å². The van der Waals surface area contributed by atoms with Gasteiger partial charge < -0.3 is 4.42 Å². The predicted octanol–water partition coefficient (Wildman–Crippen LogP) is 4.62. The molecule has 5 nitrogen and oxygen atoms in total. The molecule has 0 aliphatic rings. The summed E-state index contributed by atoms with van der Waals surface area (Å²) in [6.45, 7) is 1.14. The lowest BCUT2D eigenvalue weighted by Crippen LogP contribution is -2.22. The Morgan fingerprint density at radius 2 is 2.18 bits per heavy atom. The van der Waals surface area contributed by atoms with Gasteiger partial charge in [-0.3, -0.25) is 9.30 Å². The molecule has 22 heavy (non-hydrogen) atoms. The molecule has 0 N–H and O–H groups in total. The van der Waals surface area contributed by atoms with E-state index in [1.807, 2.05) is 24.1 Å². The van der Waals surface area contributed by atoms with Gasteiger partial charge in [-0.1, -0.05) is 23.2 Å².